The number of rotatable bonds is 2. The highest BCUT2D eigenvalue weighted by Gasteiger charge is 2.55. The second-order valence-corrected chi connectivity index (χ2v) is 6.33. The zero-order chi connectivity index (χ0) is 10.6. The van der Waals surface area contributed by atoms with Crippen molar-refractivity contribution in [3.8, 4) is 0 Å². The van der Waals surface area contributed by atoms with Gasteiger partial charge >= 0.3 is 5.97 Å². The standard InChI is InChI=1S/C13H20O2/c1-8-11-3-9-2-10(4-11)6-13(8,5-9)7-12(14)15/h8-11H,2-7H2,1H3,(H,14,15). The molecule has 4 bridgehead atoms. The smallest absolute Gasteiger partial charge is 0.303 e. The van der Waals surface area contributed by atoms with Gasteiger partial charge in [-0.1, -0.05) is 6.92 Å². The summed E-state index contributed by atoms with van der Waals surface area (Å²) in [7, 11) is 0. The number of aliphatic carboxylic acids is 1. The van der Waals surface area contributed by atoms with Crippen LogP contribution in [0.3, 0.4) is 0 Å². The third-order valence-electron chi connectivity index (χ3n) is 5.51. The highest BCUT2D eigenvalue weighted by atomic mass is 16.4. The number of hydrogen-bond acceptors (Lipinski definition) is 1. The Morgan fingerprint density at radius 3 is 2.40 bits per heavy atom. The molecule has 0 aliphatic heterocycles. The minimum Gasteiger partial charge on any atom is -0.481 e. The fourth-order valence-electron chi connectivity index (χ4n) is 5.07. The molecule has 0 heterocycles. The van der Waals surface area contributed by atoms with E-state index >= 15 is 0 Å². The van der Waals surface area contributed by atoms with Crippen molar-refractivity contribution in [1.82, 2.24) is 0 Å². The maximum atomic E-state index is 11.0. The lowest BCUT2D eigenvalue weighted by Gasteiger charge is -2.60. The first kappa shape index (κ1) is 9.68. The molecule has 0 saturated heterocycles. The second kappa shape index (κ2) is 2.99. The first-order valence-corrected chi connectivity index (χ1v) is 6.31. The van der Waals surface area contributed by atoms with Crippen LogP contribution in [0.15, 0.2) is 0 Å². The topological polar surface area (TPSA) is 37.3 Å². The molecule has 84 valence electrons. The van der Waals surface area contributed by atoms with E-state index in [1.54, 1.807) is 0 Å². The summed E-state index contributed by atoms with van der Waals surface area (Å²) in [5, 5.41) is 9.09. The molecular weight excluding hydrogens is 188 g/mol. The van der Waals surface area contributed by atoms with Gasteiger partial charge in [-0.05, 0) is 61.2 Å². The lowest BCUT2D eigenvalue weighted by Crippen LogP contribution is -2.52. The second-order valence-electron chi connectivity index (χ2n) is 6.33. The first-order chi connectivity index (χ1) is 7.09. The summed E-state index contributed by atoms with van der Waals surface area (Å²) in [5.74, 6) is 2.64. The van der Waals surface area contributed by atoms with E-state index in [9.17, 15) is 4.79 Å². The molecule has 0 aromatic heterocycles. The van der Waals surface area contributed by atoms with Gasteiger partial charge in [0.05, 0.1) is 6.42 Å². The fourth-order valence-corrected chi connectivity index (χ4v) is 5.07. The molecule has 0 aromatic carbocycles. The molecule has 0 radical (unpaired) electrons. The number of carbonyl (C=O) groups is 1. The average Bonchev–Trinajstić information content (AvgIpc) is 2.11. The Kier molecular flexibility index (Phi) is 1.93. The van der Waals surface area contributed by atoms with Crippen molar-refractivity contribution >= 4 is 5.97 Å². The van der Waals surface area contributed by atoms with E-state index in [2.05, 4.69) is 6.92 Å². The monoisotopic (exact) mass is 208 g/mol. The van der Waals surface area contributed by atoms with Crippen LogP contribution in [0.1, 0.15) is 45.4 Å². The molecule has 0 aromatic rings. The highest BCUT2D eigenvalue weighted by Crippen LogP contribution is 2.63. The predicted octanol–water partition coefficient (Wildman–Crippen LogP) is 2.92. The summed E-state index contributed by atoms with van der Waals surface area (Å²) >= 11 is 0. The highest BCUT2D eigenvalue weighted by molar-refractivity contribution is 5.68. The molecule has 4 aliphatic carbocycles. The molecule has 3 unspecified atom stereocenters. The van der Waals surface area contributed by atoms with E-state index in [1.165, 1.54) is 32.1 Å². The summed E-state index contributed by atoms with van der Waals surface area (Å²) in [6.07, 6.45) is 7.00. The summed E-state index contributed by atoms with van der Waals surface area (Å²) < 4.78 is 0. The molecule has 4 saturated carbocycles. The van der Waals surface area contributed by atoms with Crippen molar-refractivity contribution in [2.24, 2.45) is 29.1 Å². The van der Waals surface area contributed by atoms with Crippen LogP contribution in [-0.2, 0) is 4.79 Å². The zero-order valence-corrected chi connectivity index (χ0v) is 9.41. The summed E-state index contributed by atoms with van der Waals surface area (Å²) in [5.41, 5.74) is 0.181. The van der Waals surface area contributed by atoms with E-state index in [4.69, 9.17) is 5.11 Å². The van der Waals surface area contributed by atoms with Gasteiger partial charge < -0.3 is 5.11 Å². The quantitative estimate of drug-likeness (QED) is 0.757. The van der Waals surface area contributed by atoms with Gasteiger partial charge in [-0.2, -0.15) is 0 Å². The Balaban J connectivity index is 1.90. The van der Waals surface area contributed by atoms with Crippen molar-refractivity contribution in [2.75, 3.05) is 0 Å². The Morgan fingerprint density at radius 2 is 1.87 bits per heavy atom. The van der Waals surface area contributed by atoms with Crippen molar-refractivity contribution in [3.05, 3.63) is 0 Å². The van der Waals surface area contributed by atoms with Gasteiger partial charge in [0.25, 0.3) is 0 Å². The van der Waals surface area contributed by atoms with E-state index < -0.39 is 5.97 Å². The van der Waals surface area contributed by atoms with Crippen molar-refractivity contribution in [2.45, 2.75) is 45.4 Å². The molecular formula is C13H20O2. The third-order valence-corrected chi connectivity index (χ3v) is 5.51. The average molecular weight is 208 g/mol. The van der Waals surface area contributed by atoms with Crippen molar-refractivity contribution < 1.29 is 9.90 Å². The van der Waals surface area contributed by atoms with Gasteiger partial charge in [0.1, 0.15) is 0 Å². The van der Waals surface area contributed by atoms with Crippen LogP contribution >= 0.6 is 0 Å². The minimum atomic E-state index is -0.580. The van der Waals surface area contributed by atoms with E-state index in [0.29, 0.717) is 12.3 Å². The summed E-state index contributed by atoms with van der Waals surface area (Å²) in [4.78, 5) is 11.0. The zero-order valence-electron chi connectivity index (χ0n) is 9.41. The summed E-state index contributed by atoms with van der Waals surface area (Å²) in [6, 6.07) is 0. The maximum absolute atomic E-state index is 11.0. The third kappa shape index (κ3) is 1.33. The van der Waals surface area contributed by atoms with Gasteiger partial charge in [0.2, 0.25) is 0 Å². The predicted molar refractivity (Wildman–Crippen MR) is 57.4 cm³/mol. The molecule has 4 aliphatic rings. The Morgan fingerprint density at radius 1 is 1.27 bits per heavy atom. The number of carboxylic acid groups (broad SMARTS) is 1. The molecule has 4 fully saturated rings. The van der Waals surface area contributed by atoms with Gasteiger partial charge in [-0.25, -0.2) is 0 Å². The normalized spacial score (nSPS) is 52.1. The molecule has 15 heavy (non-hydrogen) atoms. The van der Waals surface area contributed by atoms with Gasteiger partial charge in [0.15, 0.2) is 0 Å². The molecule has 3 atom stereocenters. The van der Waals surface area contributed by atoms with Crippen LogP contribution in [0, 0.1) is 29.1 Å². The van der Waals surface area contributed by atoms with Crippen molar-refractivity contribution in [3.63, 3.8) is 0 Å². The fraction of sp³-hybridized carbons (Fsp3) is 0.923. The summed E-state index contributed by atoms with van der Waals surface area (Å²) in [6.45, 7) is 2.31. The van der Waals surface area contributed by atoms with Crippen LogP contribution in [-0.4, -0.2) is 11.1 Å². The number of hydrogen-bond donors (Lipinski definition) is 1. The van der Waals surface area contributed by atoms with Crippen LogP contribution < -0.4 is 0 Å². The van der Waals surface area contributed by atoms with E-state index in [0.717, 1.165) is 17.8 Å². The van der Waals surface area contributed by atoms with Gasteiger partial charge in [-0.15, -0.1) is 0 Å². The molecule has 4 rings (SSSR count). The maximum Gasteiger partial charge on any atom is 0.303 e. The molecule has 0 amide bonds. The van der Waals surface area contributed by atoms with Gasteiger partial charge in [0, 0.05) is 0 Å². The van der Waals surface area contributed by atoms with Gasteiger partial charge in [-0.3, -0.25) is 4.79 Å². The Bertz CT molecular complexity index is 283. The first-order valence-electron chi connectivity index (χ1n) is 6.31. The Hall–Kier alpha value is -0.530. The van der Waals surface area contributed by atoms with Crippen LogP contribution in [0.25, 0.3) is 0 Å². The van der Waals surface area contributed by atoms with Crippen LogP contribution in [0.2, 0.25) is 0 Å². The van der Waals surface area contributed by atoms with Crippen LogP contribution in [0.5, 0.6) is 0 Å². The SMILES string of the molecule is CC1C2CC3CC(C2)CC1(CC(=O)O)C3. The molecule has 2 nitrogen and oxygen atoms in total. The molecule has 1 N–H and O–H groups in total. The lowest BCUT2D eigenvalue weighted by molar-refractivity contribution is -0.152. The van der Waals surface area contributed by atoms with E-state index in [1.807, 2.05) is 0 Å². The number of carboxylic acids is 1. The Labute approximate surface area is 91.1 Å². The lowest BCUT2D eigenvalue weighted by atomic mass is 9.45. The molecule has 0 spiro atoms. The van der Waals surface area contributed by atoms with E-state index in [-0.39, 0.29) is 5.41 Å². The molecule has 2 heteroatoms. The van der Waals surface area contributed by atoms with Crippen LogP contribution in [0.4, 0.5) is 0 Å². The minimum absolute atomic E-state index is 0.181. The van der Waals surface area contributed by atoms with Crippen molar-refractivity contribution in [1.29, 1.82) is 0 Å². The largest absolute Gasteiger partial charge is 0.481 e.